The van der Waals surface area contributed by atoms with E-state index in [-0.39, 0.29) is 0 Å². The number of nitrogens with zero attached hydrogens (tertiary/aromatic N) is 3. The number of rotatable bonds is 6. The highest BCUT2D eigenvalue weighted by Gasteiger charge is 2.01. The third-order valence-corrected chi connectivity index (χ3v) is 1.95. The van der Waals surface area contributed by atoms with Gasteiger partial charge in [-0.15, -0.1) is 10.2 Å². The molecule has 1 rings (SSSR count). The molecule has 1 heterocycles. The van der Waals surface area contributed by atoms with Gasteiger partial charge in [0.05, 0.1) is 6.54 Å². The van der Waals surface area contributed by atoms with E-state index in [0.29, 0.717) is 6.54 Å². The van der Waals surface area contributed by atoms with Crippen LogP contribution in [0.1, 0.15) is 32.5 Å². The third kappa shape index (κ3) is 3.98. The first-order valence-corrected chi connectivity index (χ1v) is 4.76. The van der Waals surface area contributed by atoms with Crippen LogP contribution in [0.2, 0.25) is 0 Å². The van der Waals surface area contributed by atoms with Crippen LogP contribution in [-0.2, 0) is 6.54 Å². The molecule has 0 saturated carbocycles. The first kappa shape index (κ1) is 10.1. The summed E-state index contributed by atoms with van der Waals surface area (Å²) in [6, 6.07) is 0. The van der Waals surface area contributed by atoms with Gasteiger partial charge in [0.1, 0.15) is 0 Å². The molecule has 1 atom stereocenters. The number of aromatic nitrogens is 4. The van der Waals surface area contributed by atoms with Gasteiger partial charge >= 0.3 is 0 Å². The fourth-order valence-electron chi connectivity index (χ4n) is 1.28. The van der Waals surface area contributed by atoms with E-state index in [1.807, 2.05) is 0 Å². The smallest absolute Gasteiger partial charge is 0.188 e. The van der Waals surface area contributed by atoms with Crippen molar-refractivity contribution in [1.82, 2.24) is 25.9 Å². The van der Waals surface area contributed by atoms with Gasteiger partial charge in [0, 0.05) is 0 Å². The lowest BCUT2D eigenvalue weighted by Gasteiger charge is -2.09. The number of hydrogen-bond acceptors (Lipinski definition) is 4. The molecule has 0 amide bonds. The zero-order valence-corrected chi connectivity index (χ0v) is 8.25. The molecule has 5 heteroatoms. The van der Waals surface area contributed by atoms with E-state index in [9.17, 15) is 0 Å². The SMILES string of the molecule is CCCC(C)CNCc1nn[nH]n1. The van der Waals surface area contributed by atoms with Gasteiger partial charge in [-0.3, -0.25) is 0 Å². The summed E-state index contributed by atoms with van der Waals surface area (Å²) in [5.41, 5.74) is 0. The average Bonchev–Trinajstić information content (AvgIpc) is 2.57. The maximum absolute atomic E-state index is 3.85. The van der Waals surface area contributed by atoms with E-state index in [2.05, 4.69) is 39.8 Å². The van der Waals surface area contributed by atoms with Gasteiger partial charge in [0.15, 0.2) is 5.82 Å². The molecule has 0 spiro atoms. The van der Waals surface area contributed by atoms with Gasteiger partial charge in [0.25, 0.3) is 0 Å². The molecular formula is C8H17N5. The van der Waals surface area contributed by atoms with Crippen molar-refractivity contribution in [2.45, 2.75) is 33.2 Å². The molecule has 0 saturated heterocycles. The van der Waals surface area contributed by atoms with Crippen LogP contribution in [0.4, 0.5) is 0 Å². The number of aromatic amines is 1. The Bertz CT molecular complexity index is 208. The summed E-state index contributed by atoms with van der Waals surface area (Å²) in [5.74, 6) is 1.44. The van der Waals surface area contributed by atoms with Crippen LogP contribution in [-0.4, -0.2) is 27.2 Å². The van der Waals surface area contributed by atoms with Crippen LogP contribution in [0.5, 0.6) is 0 Å². The second kappa shape index (κ2) is 5.64. The van der Waals surface area contributed by atoms with Crippen molar-refractivity contribution in [3.63, 3.8) is 0 Å². The lowest BCUT2D eigenvalue weighted by Crippen LogP contribution is -2.21. The van der Waals surface area contributed by atoms with E-state index >= 15 is 0 Å². The van der Waals surface area contributed by atoms with Gasteiger partial charge in [-0.1, -0.05) is 25.5 Å². The summed E-state index contributed by atoms with van der Waals surface area (Å²) in [5, 5.41) is 16.9. The molecule has 0 aliphatic rings. The molecule has 0 bridgehead atoms. The first-order chi connectivity index (χ1) is 6.33. The Morgan fingerprint density at radius 3 is 3.00 bits per heavy atom. The van der Waals surface area contributed by atoms with Gasteiger partial charge in [-0.2, -0.15) is 5.21 Å². The topological polar surface area (TPSA) is 66.5 Å². The monoisotopic (exact) mass is 183 g/mol. The lowest BCUT2D eigenvalue weighted by molar-refractivity contribution is 0.471. The third-order valence-electron chi connectivity index (χ3n) is 1.95. The molecule has 0 radical (unpaired) electrons. The standard InChI is InChI=1S/C8H17N5/c1-3-4-7(2)5-9-6-8-10-12-13-11-8/h7,9H,3-6H2,1-2H3,(H,10,11,12,13). The molecule has 1 aromatic heterocycles. The highest BCUT2D eigenvalue weighted by Crippen LogP contribution is 2.02. The van der Waals surface area contributed by atoms with E-state index in [4.69, 9.17) is 0 Å². The fourth-order valence-corrected chi connectivity index (χ4v) is 1.28. The van der Waals surface area contributed by atoms with Crippen LogP contribution in [0.15, 0.2) is 0 Å². The number of hydrogen-bond donors (Lipinski definition) is 2. The van der Waals surface area contributed by atoms with Crippen molar-refractivity contribution in [3.05, 3.63) is 5.82 Å². The number of H-pyrrole nitrogens is 1. The van der Waals surface area contributed by atoms with Gasteiger partial charge < -0.3 is 5.32 Å². The summed E-state index contributed by atoms with van der Waals surface area (Å²) in [4.78, 5) is 0. The highest BCUT2D eigenvalue weighted by atomic mass is 15.5. The average molecular weight is 183 g/mol. The van der Waals surface area contributed by atoms with Crippen LogP contribution in [0.25, 0.3) is 0 Å². The van der Waals surface area contributed by atoms with Crippen LogP contribution >= 0.6 is 0 Å². The molecular weight excluding hydrogens is 166 g/mol. The Balaban J connectivity index is 2.07. The van der Waals surface area contributed by atoms with E-state index in [0.717, 1.165) is 18.3 Å². The van der Waals surface area contributed by atoms with Crippen LogP contribution in [0, 0.1) is 5.92 Å². The second-order valence-corrected chi connectivity index (χ2v) is 3.35. The number of nitrogens with one attached hydrogen (secondary N) is 2. The highest BCUT2D eigenvalue weighted by molar-refractivity contribution is 4.74. The van der Waals surface area contributed by atoms with Gasteiger partial charge in [-0.25, -0.2) is 0 Å². The Hall–Kier alpha value is -0.970. The Morgan fingerprint density at radius 2 is 2.38 bits per heavy atom. The Labute approximate surface area is 78.3 Å². The van der Waals surface area contributed by atoms with Crippen molar-refractivity contribution in [1.29, 1.82) is 0 Å². The molecule has 74 valence electrons. The summed E-state index contributed by atoms with van der Waals surface area (Å²) in [7, 11) is 0. The molecule has 0 aliphatic carbocycles. The van der Waals surface area contributed by atoms with E-state index < -0.39 is 0 Å². The minimum Gasteiger partial charge on any atom is -0.309 e. The van der Waals surface area contributed by atoms with Crippen LogP contribution in [0.3, 0.4) is 0 Å². The second-order valence-electron chi connectivity index (χ2n) is 3.35. The normalized spacial score (nSPS) is 13.1. The molecule has 1 unspecified atom stereocenters. The first-order valence-electron chi connectivity index (χ1n) is 4.76. The molecule has 0 aromatic carbocycles. The molecule has 0 aliphatic heterocycles. The quantitative estimate of drug-likeness (QED) is 0.682. The van der Waals surface area contributed by atoms with E-state index in [1.54, 1.807) is 0 Å². The van der Waals surface area contributed by atoms with Crippen molar-refractivity contribution in [3.8, 4) is 0 Å². The van der Waals surface area contributed by atoms with Gasteiger partial charge in [0.2, 0.25) is 0 Å². The molecule has 13 heavy (non-hydrogen) atoms. The maximum atomic E-state index is 3.85. The fraction of sp³-hybridized carbons (Fsp3) is 0.875. The van der Waals surface area contributed by atoms with Crippen molar-refractivity contribution in [2.24, 2.45) is 5.92 Å². The Morgan fingerprint density at radius 1 is 1.54 bits per heavy atom. The minimum absolute atomic E-state index is 0.699. The predicted molar refractivity (Wildman–Crippen MR) is 50.0 cm³/mol. The summed E-state index contributed by atoms with van der Waals surface area (Å²) >= 11 is 0. The molecule has 5 nitrogen and oxygen atoms in total. The van der Waals surface area contributed by atoms with E-state index in [1.165, 1.54) is 12.8 Å². The summed E-state index contributed by atoms with van der Waals surface area (Å²) in [6.45, 7) is 6.16. The lowest BCUT2D eigenvalue weighted by atomic mass is 10.1. The van der Waals surface area contributed by atoms with Crippen molar-refractivity contribution in [2.75, 3.05) is 6.54 Å². The van der Waals surface area contributed by atoms with Crippen molar-refractivity contribution < 1.29 is 0 Å². The van der Waals surface area contributed by atoms with Gasteiger partial charge in [-0.05, 0) is 18.9 Å². The molecule has 2 N–H and O–H groups in total. The zero-order valence-electron chi connectivity index (χ0n) is 8.25. The molecule has 1 aromatic rings. The van der Waals surface area contributed by atoms with Crippen molar-refractivity contribution >= 4 is 0 Å². The Kier molecular flexibility index (Phi) is 4.39. The van der Waals surface area contributed by atoms with Crippen LogP contribution < -0.4 is 5.32 Å². The predicted octanol–water partition coefficient (Wildman–Crippen LogP) is 0.725. The summed E-state index contributed by atoms with van der Waals surface area (Å²) in [6.07, 6.45) is 2.50. The number of tetrazole rings is 1. The zero-order chi connectivity index (χ0) is 9.52. The summed E-state index contributed by atoms with van der Waals surface area (Å²) < 4.78 is 0. The molecule has 0 fully saturated rings. The maximum Gasteiger partial charge on any atom is 0.188 e. The minimum atomic E-state index is 0.699. The largest absolute Gasteiger partial charge is 0.309 e.